The molecule has 0 aliphatic carbocycles. The lowest BCUT2D eigenvalue weighted by Gasteiger charge is -2.18. The van der Waals surface area contributed by atoms with Gasteiger partial charge >= 0.3 is 5.97 Å². The van der Waals surface area contributed by atoms with Crippen LogP contribution in [-0.4, -0.2) is 41.6 Å². The first-order valence-corrected chi connectivity index (χ1v) is 8.62. The highest BCUT2D eigenvalue weighted by Gasteiger charge is 2.34. The van der Waals surface area contributed by atoms with Crippen molar-refractivity contribution in [1.29, 1.82) is 0 Å². The number of para-hydroxylation sites is 1. The first-order valence-electron chi connectivity index (χ1n) is 8.62. The van der Waals surface area contributed by atoms with Crippen molar-refractivity contribution in [3.8, 4) is 11.5 Å². The standard InChI is InChI=1S/C20H20FNO5/c21-16-5-7-17(8-6-16)26-9-10-27-18-4-2-1-3-14(18)12-22-13-15(20(24)25)11-19(22)23/h1-8,15H,9-13H2,(H,24,25). The van der Waals surface area contributed by atoms with E-state index in [9.17, 15) is 14.0 Å². The number of rotatable bonds is 8. The molecule has 27 heavy (non-hydrogen) atoms. The highest BCUT2D eigenvalue weighted by molar-refractivity contribution is 5.86. The van der Waals surface area contributed by atoms with Crippen molar-refractivity contribution in [3.63, 3.8) is 0 Å². The second-order valence-electron chi connectivity index (χ2n) is 6.27. The molecule has 1 saturated heterocycles. The van der Waals surface area contributed by atoms with Crippen LogP contribution in [-0.2, 0) is 16.1 Å². The van der Waals surface area contributed by atoms with Gasteiger partial charge < -0.3 is 19.5 Å². The predicted molar refractivity (Wildman–Crippen MR) is 95.0 cm³/mol. The van der Waals surface area contributed by atoms with Gasteiger partial charge in [0, 0.05) is 25.1 Å². The molecule has 0 bridgehead atoms. The van der Waals surface area contributed by atoms with Gasteiger partial charge in [-0.3, -0.25) is 9.59 Å². The number of ether oxygens (including phenoxy) is 2. The Morgan fingerprint density at radius 3 is 2.52 bits per heavy atom. The van der Waals surface area contributed by atoms with E-state index in [1.54, 1.807) is 18.2 Å². The van der Waals surface area contributed by atoms with Crippen molar-refractivity contribution in [3.05, 3.63) is 59.9 Å². The van der Waals surface area contributed by atoms with Crippen molar-refractivity contribution in [1.82, 2.24) is 4.90 Å². The summed E-state index contributed by atoms with van der Waals surface area (Å²) in [6.07, 6.45) is 0.0316. The summed E-state index contributed by atoms with van der Waals surface area (Å²) < 4.78 is 24.1. The maximum Gasteiger partial charge on any atom is 0.308 e. The summed E-state index contributed by atoms with van der Waals surface area (Å²) in [5.74, 6) is -0.934. The number of likely N-dealkylation sites (tertiary alicyclic amines) is 1. The highest BCUT2D eigenvalue weighted by Crippen LogP contribution is 2.25. The van der Waals surface area contributed by atoms with E-state index in [1.165, 1.54) is 17.0 Å². The summed E-state index contributed by atoms with van der Waals surface area (Å²) >= 11 is 0. The number of hydrogen-bond donors (Lipinski definition) is 1. The molecule has 0 spiro atoms. The number of amides is 1. The molecule has 1 heterocycles. The van der Waals surface area contributed by atoms with Crippen LogP contribution in [0.25, 0.3) is 0 Å². The highest BCUT2D eigenvalue weighted by atomic mass is 19.1. The van der Waals surface area contributed by atoms with Crippen molar-refractivity contribution < 1.29 is 28.6 Å². The molecule has 0 aromatic heterocycles. The average Bonchev–Trinajstić information content (AvgIpc) is 3.02. The zero-order chi connectivity index (χ0) is 19.2. The number of carbonyl (C=O) groups excluding carboxylic acids is 1. The Bertz CT molecular complexity index is 808. The van der Waals surface area contributed by atoms with E-state index >= 15 is 0 Å². The van der Waals surface area contributed by atoms with Crippen molar-refractivity contribution in [2.75, 3.05) is 19.8 Å². The molecule has 1 fully saturated rings. The van der Waals surface area contributed by atoms with Gasteiger partial charge in [-0.25, -0.2) is 4.39 Å². The SMILES string of the molecule is O=C(O)C1CC(=O)N(Cc2ccccc2OCCOc2ccc(F)cc2)C1. The fraction of sp³-hybridized carbons (Fsp3) is 0.300. The molecule has 1 amide bonds. The smallest absolute Gasteiger partial charge is 0.308 e. The number of aliphatic carboxylic acids is 1. The Morgan fingerprint density at radius 2 is 1.81 bits per heavy atom. The van der Waals surface area contributed by atoms with Gasteiger partial charge in [0.05, 0.1) is 5.92 Å². The topological polar surface area (TPSA) is 76.1 Å². The van der Waals surface area contributed by atoms with Crippen LogP contribution in [0.1, 0.15) is 12.0 Å². The summed E-state index contributed by atoms with van der Waals surface area (Å²) in [5.41, 5.74) is 0.804. The fourth-order valence-electron chi connectivity index (χ4n) is 2.91. The zero-order valence-corrected chi connectivity index (χ0v) is 14.6. The molecular formula is C20H20FNO5. The molecule has 2 aromatic rings. The van der Waals surface area contributed by atoms with Gasteiger partial charge in [0.25, 0.3) is 0 Å². The number of hydrogen-bond acceptors (Lipinski definition) is 4. The third-order valence-electron chi connectivity index (χ3n) is 4.32. The van der Waals surface area contributed by atoms with Crippen molar-refractivity contribution in [2.45, 2.75) is 13.0 Å². The largest absolute Gasteiger partial charge is 0.490 e. The van der Waals surface area contributed by atoms with Gasteiger partial charge in [-0.1, -0.05) is 18.2 Å². The lowest BCUT2D eigenvalue weighted by molar-refractivity contribution is -0.141. The number of halogens is 1. The molecule has 2 aromatic carbocycles. The van der Waals surface area contributed by atoms with Gasteiger partial charge in [0.15, 0.2) is 0 Å². The number of carbonyl (C=O) groups is 2. The van der Waals surface area contributed by atoms with Gasteiger partial charge in [0.1, 0.15) is 30.5 Å². The van der Waals surface area contributed by atoms with Gasteiger partial charge in [-0.2, -0.15) is 0 Å². The van der Waals surface area contributed by atoms with Crippen molar-refractivity contribution in [2.24, 2.45) is 5.92 Å². The monoisotopic (exact) mass is 373 g/mol. The lowest BCUT2D eigenvalue weighted by Crippen LogP contribution is -2.26. The maximum atomic E-state index is 12.9. The molecular weight excluding hydrogens is 353 g/mol. The van der Waals surface area contributed by atoms with Crippen LogP contribution in [0.15, 0.2) is 48.5 Å². The molecule has 3 rings (SSSR count). The zero-order valence-electron chi connectivity index (χ0n) is 14.6. The molecule has 142 valence electrons. The normalized spacial score (nSPS) is 16.4. The quantitative estimate of drug-likeness (QED) is 0.720. The predicted octanol–water partition coefficient (Wildman–Crippen LogP) is 2.72. The van der Waals surface area contributed by atoms with Crippen LogP contribution in [0.4, 0.5) is 4.39 Å². The molecule has 6 nitrogen and oxygen atoms in total. The van der Waals surface area contributed by atoms with Crippen molar-refractivity contribution >= 4 is 11.9 Å². The third kappa shape index (κ3) is 4.97. The van der Waals surface area contributed by atoms with Gasteiger partial charge in [-0.15, -0.1) is 0 Å². The maximum absolute atomic E-state index is 12.9. The molecule has 1 aliphatic heterocycles. The minimum atomic E-state index is -0.951. The van der Waals surface area contributed by atoms with Gasteiger partial charge in [0.2, 0.25) is 5.91 Å². The molecule has 7 heteroatoms. The van der Waals surface area contributed by atoms with Crippen LogP contribution in [0.3, 0.4) is 0 Å². The Hall–Kier alpha value is -3.09. The van der Waals surface area contributed by atoms with Crippen LogP contribution < -0.4 is 9.47 Å². The van der Waals surface area contributed by atoms with E-state index in [2.05, 4.69) is 0 Å². The fourth-order valence-corrected chi connectivity index (χ4v) is 2.91. The number of carboxylic acid groups (broad SMARTS) is 1. The first kappa shape index (κ1) is 18.7. The second kappa shape index (κ2) is 8.53. The molecule has 0 saturated carbocycles. The summed E-state index contributed by atoms with van der Waals surface area (Å²) in [5, 5.41) is 9.08. The molecule has 1 N–H and O–H groups in total. The van der Waals surface area contributed by atoms with E-state index < -0.39 is 11.9 Å². The van der Waals surface area contributed by atoms with Crippen LogP contribution in [0.5, 0.6) is 11.5 Å². The molecule has 1 unspecified atom stereocenters. The van der Waals surface area contributed by atoms with Crippen LogP contribution >= 0.6 is 0 Å². The Balaban J connectivity index is 1.54. The first-order chi connectivity index (χ1) is 13.0. The number of nitrogens with zero attached hydrogens (tertiary/aromatic N) is 1. The summed E-state index contributed by atoms with van der Waals surface area (Å²) in [6.45, 7) is 1.07. The van der Waals surface area contributed by atoms with E-state index in [1.807, 2.05) is 18.2 Å². The van der Waals surface area contributed by atoms with Gasteiger partial charge in [-0.05, 0) is 30.3 Å². The Labute approximate surface area is 156 Å². The minimum Gasteiger partial charge on any atom is -0.490 e. The van der Waals surface area contributed by atoms with Crippen LogP contribution in [0.2, 0.25) is 0 Å². The molecule has 1 aliphatic rings. The third-order valence-corrected chi connectivity index (χ3v) is 4.32. The molecule has 1 atom stereocenters. The number of carboxylic acids is 1. The van der Waals surface area contributed by atoms with Crippen LogP contribution in [0, 0.1) is 11.7 Å². The van der Waals surface area contributed by atoms with E-state index in [-0.39, 0.29) is 37.9 Å². The lowest BCUT2D eigenvalue weighted by atomic mass is 10.1. The van der Waals surface area contributed by atoms with E-state index in [4.69, 9.17) is 14.6 Å². The summed E-state index contributed by atoms with van der Waals surface area (Å²) in [7, 11) is 0. The van der Waals surface area contributed by atoms with E-state index in [0.29, 0.717) is 18.0 Å². The Morgan fingerprint density at radius 1 is 1.11 bits per heavy atom. The summed E-state index contributed by atoms with van der Waals surface area (Å²) in [4.78, 5) is 24.6. The average molecular weight is 373 g/mol. The summed E-state index contributed by atoms with van der Waals surface area (Å²) in [6, 6.07) is 13.0. The molecule has 0 radical (unpaired) electrons. The van der Waals surface area contributed by atoms with E-state index in [0.717, 1.165) is 5.56 Å². The minimum absolute atomic E-state index is 0.0316. The Kier molecular flexibility index (Phi) is 5.90. The second-order valence-corrected chi connectivity index (χ2v) is 6.27. The number of benzene rings is 2.